The number of nitrogens with zero attached hydrogens (tertiary/aromatic N) is 1. The van der Waals surface area contributed by atoms with Gasteiger partial charge in [-0.1, -0.05) is 53.6 Å². The fraction of sp³-hybridized carbons (Fsp3) is 0.182. The molecule has 0 atom stereocenters. The summed E-state index contributed by atoms with van der Waals surface area (Å²) in [6.45, 7) is 3.98. The number of rotatable bonds is 5. The first-order chi connectivity index (χ1) is 12.0. The molecule has 3 aromatic rings. The van der Waals surface area contributed by atoms with Crippen LogP contribution in [-0.4, -0.2) is 10.8 Å². The third kappa shape index (κ3) is 4.55. The fourth-order valence-corrected chi connectivity index (χ4v) is 3.07. The third-order valence-electron chi connectivity index (χ3n) is 4.17. The number of aryl methyl sites for hydroxylation is 2. The quantitative estimate of drug-likeness (QED) is 0.619. The number of pyridine rings is 1. The molecule has 0 spiro atoms. The normalized spacial score (nSPS) is 10.7. The maximum atomic E-state index is 12.4. The van der Waals surface area contributed by atoms with Gasteiger partial charge in [-0.2, -0.15) is 0 Å². The Hall–Kier alpha value is -2.45. The van der Waals surface area contributed by atoms with Gasteiger partial charge in [-0.25, -0.2) is 0 Å². The highest BCUT2D eigenvalue weighted by atomic mass is 35.5. The van der Waals surface area contributed by atoms with E-state index in [4.69, 9.17) is 11.6 Å². The molecule has 126 valence electrons. The lowest BCUT2D eigenvalue weighted by Gasteiger charge is -2.07. The number of ketones is 1. The zero-order chi connectivity index (χ0) is 17.8. The fourth-order valence-electron chi connectivity index (χ4n) is 2.88. The summed E-state index contributed by atoms with van der Waals surface area (Å²) in [7, 11) is 0. The largest absolute Gasteiger partial charge is 0.299 e. The van der Waals surface area contributed by atoms with Gasteiger partial charge >= 0.3 is 0 Å². The van der Waals surface area contributed by atoms with E-state index < -0.39 is 0 Å². The Morgan fingerprint density at radius 2 is 1.68 bits per heavy atom. The number of hydrogen-bond acceptors (Lipinski definition) is 2. The maximum Gasteiger partial charge on any atom is 0.141 e. The number of hydrogen-bond donors (Lipinski definition) is 0. The number of carbonyl (C=O) groups is 1. The molecule has 1 heterocycles. The zero-order valence-electron chi connectivity index (χ0n) is 14.4. The van der Waals surface area contributed by atoms with Crippen LogP contribution in [0.15, 0.2) is 60.8 Å². The summed E-state index contributed by atoms with van der Waals surface area (Å²) in [5, 5.41) is 0.655. The Morgan fingerprint density at radius 1 is 0.920 bits per heavy atom. The molecule has 0 amide bonds. The summed E-state index contributed by atoms with van der Waals surface area (Å²) in [6, 6.07) is 18.0. The number of Topliss-reactive ketones (excluding diaryl/α,β-unsaturated/α-hetero) is 1. The van der Waals surface area contributed by atoms with Gasteiger partial charge in [0.1, 0.15) is 5.78 Å². The Labute approximate surface area is 153 Å². The highest BCUT2D eigenvalue weighted by Gasteiger charge is 2.09. The Kier molecular flexibility index (Phi) is 5.30. The van der Waals surface area contributed by atoms with Crippen molar-refractivity contribution in [1.29, 1.82) is 0 Å². The van der Waals surface area contributed by atoms with Gasteiger partial charge in [0, 0.05) is 29.8 Å². The molecule has 0 aliphatic rings. The molecular formula is C22H20ClNO. The van der Waals surface area contributed by atoms with Gasteiger partial charge in [0.15, 0.2) is 0 Å². The molecule has 0 aliphatic carbocycles. The van der Waals surface area contributed by atoms with E-state index in [0.717, 1.165) is 33.5 Å². The Balaban J connectivity index is 1.69. The van der Waals surface area contributed by atoms with E-state index in [1.807, 2.05) is 56.4 Å². The van der Waals surface area contributed by atoms with Gasteiger partial charge < -0.3 is 0 Å². The van der Waals surface area contributed by atoms with Gasteiger partial charge in [-0.3, -0.25) is 9.78 Å². The van der Waals surface area contributed by atoms with Gasteiger partial charge in [0.2, 0.25) is 0 Å². The van der Waals surface area contributed by atoms with Crippen molar-refractivity contribution in [2.45, 2.75) is 26.7 Å². The lowest BCUT2D eigenvalue weighted by molar-refractivity contribution is -0.117. The first-order valence-corrected chi connectivity index (χ1v) is 8.68. The topological polar surface area (TPSA) is 30.0 Å². The second kappa shape index (κ2) is 7.62. The molecular weight excluding hydrogens is 330 g/mol. The molecule has 0 saturated carbocycles. The number of carbonyl (C=O) groups excluding carboxylic acids is 1. The van der Waals surface area contributed by atoms with Crippen LogP contribution < -0.4 is 0 Å². The minimum Gasteiger partial charge on any atom is -0.299 e. The molecule has 2 nitrogen and oxygen atoms in total. The second-order valence-electron chi connectivity index (χ2n) is 6.37. The zero-order valence-corrected chi connectivity index (χ0v) is 15.2. The van der Waals surface area contributed by atoms with Crippen LogP contribution in [0.3, 0.4) is 0 Å². The third-order valence-corrected chi connectivity index (χ3v) is 4.54. The summed E-state index contributed by atoms with van der Waals surface area (Å²) in [4.78, 5) is 16.6. The van der Waals surface area contributed by atoms with E-state index in [0.29, 0.717) is 17.9 Å². The first-order valence-electron chi connectivity index (χ1n) is 8.30. The van der Waals surface area contributed by atoms with Crippen molar-refractivity contribution in [1.82, 2.24) is 4.98 Å². The number of halogens is 1. The second-order valence-corrected chi connectivity index (χ2v) is 6.78. The van der Waals surface area contributed by atoms with Crippen LogP contribution in [0, 0.1) is 13.8 Å². The van der Waals surface area contributed by atoms with Crippen molar-refractivity contribution in [3.05, 3.63) is 88.2 Å². The van der Waals surface area contributed by atoms with Crippen LogP contribution >= 0.6 is 11.6 Å². The van der Waals surface area contributed by atoms with E-state index >= 15 is 0 Å². The van der Waals surface area contributed by atoms with Crippen LogP contribution in [-0.2, 0) is 17.6 Å². The molecule has 0 saturated heterocycles. The SMILES string of the molecule is Cc1ccc(Cl)c(CC(=O)Cc2ccc(-c3ccnc(C)c3)cc2)c1. The number of benzene rings is 2. The monoisotopic (exact) mass is 349 g/mol. The van der Waals surface area contributed by atoms with Crippen molar-refractivity contribution >= 4 is 17.4 Å². The highest BCUT2D eigenvalue weighted by Crippen LogP contribution is 2.21. The molecule has 0 N–H and O–H groups in total. The highest BCUT2D eigenvalue weighted by molar-refractivity contribution is 6.31. The molecule has 3 heteroatoms. The number of aromatic nitrogens is 1. The van der Waals surface area contributed by atoms with Crippen molar-refractivity contribution in [2.75, 3.05) is 0 Å². The van der Waals surface area contributed by atoms with E-state index in [2.05, 4.69) is 23.2 Å². The van der Waals surface area contributed by atoms with E-state index in [1.54, 1.807) is 0 Å². The van der Waals surface area contributed by atoms with Crippen LogP contribution in [0.4, 0.5) is 0 Å². The van der Waals surface area contributed by atoms with Gasteiger partial charge in [0.25, 0.3) is 0 Å². The lowest BCUT2D eigenvalue weighted by atomic mass is 9.99. The van der Waals surface area contributed by atoms with Crippen LogP contribution in [0.25, 0.3) is 11.1 Å². The van der Waals surface area contributed by atoms with Crippen molar-refractivity contribution in [2.24, 2.45) is 0 Å². The van der Waals surface area contributed by atoms with Crippen LogP contribution in [0.5, 0.6) is 0 Å². The van der Waals surface area contributed by atoms with Crippen molar-refractivity contribution in [3.63, 3.8) is 0 Å². The van der Waals surface area contributed by atoms with E-state index in [-0.39, 0.29) is 5.78 Å². The van der Waals surface area contributed by atoms with E-state index in [9.17, 15) is 4.79 Å². The standard InChI is InChI=1S/C22H20ClNO/c1-15-3-8-22(23)20(11-15)14-21(25)13-17-4-6-18(7-5-17)19-9-10-24-16(2)12-19/h3-12H,13-14H2,1-2H3. The molecule has 0 aliphatic heterocycles. The molecule has 25 heavy (non-hydrogen) atoms. The molecule has 3 rings (SSSR count). The van der Waals surface area contributed by atoms with Gasteiger partial charge in [-0.05, 0) is 54.3 Å². The van der Waals surface area contributed by atoms with Crippen molar-refractivity contribution < 1.29 is 4.79 Å². The molecule has 0 fully saturated rings. The predicted octanol–water partition coefficient (Wildman–Crippen LogP) is 5.37. The minimum atomic E-state index is 0.167. The minimum absolute atomic E-state index is 0.167. The van der Waals surface area contributed by atoms with Crippen LogP contribution in [0.1, 0.15) is 22.4 Å². The van der Waals surface area contributed by atoms with Gasteiger partial charge in [0.05, 0.1) is 0 Å². The Bertz CT molecular complexity index is 900. The summed E-state index contributed by atoms with van der Waals surface area (Å²) in [6.07, 6.45) is 2.60. The maximum absolute atomic E-state index is 12.4. The molecule has 2 aromatic carbocycles. The average Bonchev–Trinajstić information content (AvgIpc) is 2.59. The smallest absolute Gasteiger partial charge is 0.141 e. The summed E-state index contributed by atoms with van der Waals surface area (Å²) < 4.78 is 0. The van der Waals surface area contributed by atoms with E-state index in [1.165, 1.54) is 0 Å². The van der Waals surface area contributed by atoms with Crippen molar-refractivity contribution in [3.8, 4) is 11.1 Å². The van der Waals surface area contributed by atoms with Crippen LogP contribution in [0.2, 0.25) is 5.02 Å². The van der Waals surface area contributed by atoms with Gasteiger partial charge in [-0.15, -0.1) is 0 Å². The molecule has 1 aromatic heterocycles. The average molecular weight is 350 g/mol. The summed E-state index contributed by atoms with van der Waals surface area (Å²) >= 11 is 6.19. The molecule has 0 bridgehead atoms. The summed E-state index contributed by atoms with van der Waals surface area (Å²) in [5.74, 6) is 0.167. The predicted molar refractivity (Wildman–Crippen MR) is 103 cm³/mol. The lowest BCUT2D eigenvalue weighted by Crippen LogP contribution is -2.07. The Morgan fingerprint density at radius 3 is 2.40 bits per heavy atom. The molecule has 0 radical (unpaired) electrons. The first kappa shape index (κ1) is 17.4. The molecule has 0 unspecified atom stereocenters. The summed E-state index contributed by atoms with van der Waals surface area (Å²) in [5.41, 5.74) is 6.29.